The number of hydrogen-bond acceptors (Lipinski definition) is 18. The summed E-state index contributed by atoms with van der Waals surface area (Å²) < 4.78 is 56.1. The molecule has 2 aromatic carbocycles. The third-order valence-corrected chi connectivity index (χ3v) is 15.9. The zero-order chi connectivity index (χ0) is 59.8. The number of carbonyl (C=O) groups is 2. The van der Waals surface area contributed by atoms with Crippen molar-refractivity contribution in [2.75, 3.05) is 113 Å². The van der Waals surface area contributed by atoms with E-state index in [0.29, 0.717) is 137 Å². The molecule has 9 rings (SSSR count). The van der Waals surface area contributed by atoms with Crippen LogP contribution in [0, 0.1) is 34.6 Å². The van der Waals surface area contributed by atoms with Crippen molar-refractivity contribution in [3.05, 3.63) is 139 Å². The molecule has 0 radical (unpaired) electrons. The molecule has 24 heteroatoms. The first-order valence-electron chi connectivity index (χ1n) is 28.4. The third-order valence-electron chi connectivity index (χ3n) is 14.4. The Morgan fingerprint density at radius 1 is 0.753 bits per heavy atom. The zero-order valence-electron chi connectivity index (χ0n) is 49.1. The second kappa shape index (κ2) is 30.2. The molecule has 452 valence electrons. The van der Waals surface area contributed by atoms with Crippen molar-refractivity contribution in [2.45, 2.75) is 66.6 Å². The van der Waals surface area contributed by atoms with Gasteiger partial charge in [-0.25, -0.2) is 4.79 Å². The molecule has 2 atom stereocenters. The number of halogens is 1. The van der Waals surface area contributed by atoms with Gasteiger partial charge < -0.3 is 52.9 Å². The molecular formula is C61H73ClN10O12S. The van der Waals surface area contributed by atoms with Gasteiger partial charge in [0.05, 0.1) is 152 Å². The predicted octanol–water partition coefficient (Wildman–Crippen LogP) is 7.79. The number of pyridine rings is 2. The van der Waals surface area contributed by atoms with Gasteiger partial charge in [0.25, 0.3) is 0 Å². The maximum absolute atomic E-state index is 14.3. The SMILES string of the molecule is COc1cc2c(cc1-c1c(C)coc1C)ncc1c2n([C@H](C)c2ccccn2)c(=O)n1CC(=O)NCCOCCOCCOCCOCCOCCOCCOCCNC(=O)C[C@@H]1N=C(c2ccc(Cl)cc2)c2c(sc(C)c2C)-n2c(C)nnc21. The number of hydrogen-bond donors (Lipinski definition) is 2. The van der Waals surface area contributed by atoms with Crippen molar-refractivity contribution in [1.82, 2.24) is 44.5 Å². The molecule has 6 aromatic heterocycles. The third kappa shape index (κ3) is 15.3. The molecule has 1 aliphatic rings. The number of furan rings is 1. The van der Waals surface area contributed by atoms with E-state index in [9.17, 15) is 14.4 Å². The Labute approximate surface area is 501 Å². The van der Waals surface area contributed by atoms with Crippen molar-refractivity contribution >= 4 is 62.4 Å². The molecule has 2 N–H and O–H groups in total. The molecule has 0 saturated carbocycles. The number of aromatic nitrogens is 7. The van der Waals surface area contributed by atoms with Crippen LogP contribution in [-0.2, 0) is 49.3 Å². The highest BCUT2D eigenvalue weighted by atomic mass is 35.5. The topological polar surface area (TPSA) is 241 Å². The average molecular weight is 1210 g/mol. The largest absolute Gasteiger partial charge is 0.496 e. The number of thiophene rings is 1. The number of nitrogens with one attached hydrogen (secondary N) is 2. The van der Waals surface area contributed by atoms with Gasteiger partial charge in [-0.05, 0) is 89.1 Å². The number of aliphatic imine (C=N–C) groups is 1. The maximum atomic E-state index is 14.3. The lowest BCUT2D eigenvalue weighted by molar-refractivity contribution is -0.122. The Morgan fingerprint density at radius 3 is 1.94 bits per heavy atom. The standard InChI is InChI=1S/C61H73ClN10O12S/c1-38-37-84-41(4)55(38)47-32-49-46(33-52(47)76-7)58-51(35-66-49)70(61(75)71(58)40(3)48-10-8-9-15-63-48)36-54(74)65-17-19-78-21-23-80-25-27-82-29-31-83-30-28-81-26-24-79-22-20-77-18-16-64-53(73)34-50-59-69-68-43(6)72(59)60-56(39(2)42(5)85-60)57(67-50)44-11-13-45(62)14-12-44/h8-15,32-33,35,37,40,50H,16-31,34,36H2,1-7H3,(H,64,73)(H,65,74)/t40-,50+/m1/s1. The van der Waals surface area contributed by atoms with Gasteiger partial charge in [0.15, 0.2) is 5.82 Å². The second-order valence-corrected chi connectivity index (χ2v) is 21.8. The van der Waals surface area contributed by atoms with Crippen molar-refractivity contribution in [3.63, 3.8) is 0 Å². The van der Waals surface area contributed by atoms with E-state index < -0.39 is 12.1 Å². The number of aryl methyl sites for hydroxylation is 4. The molecule has 0 spiro atoms. The van der Waals surface area contributed by atoms with Crippen molar-refractivity contribution in [2.24, 2.45) is 4.99 Å². The first kappa shape index (κ1) is 62.3. The number of rotatable bonds is 33. The number of carbonyl (C=O) groups excluding carboxylic acids is 2. The number of ether oxygens (including phenoxy) is 8. The van der Waals surface area contributed by atoms with Crippen molar-refractivity contribution in [3.8, 4) is 21.9 Å². The Balaban J connectivity index is 0.584. The monoisotopic (exact) mass is 1200 g/mol. The van der Waals surface area contributed by atoms with Gasteiger partial charge in [0, 0.05) is 56.8 Å². The summed E-state index contributed by atoms with van der Waals surface area (Å²) >= 11 is 7.90. The Hall–Kier alpha value is -7.19. The fourth-order valence-electron chi connectivity index (χ4n) is 10.1. The summed E-state index contributed by atoms with van der Waals surface area (Å²) in [6, 6.07) is 16.0. The Kier molecular flexibility index (Phi) is 22.2. The molecule has 8 aromatic rings. The van der Waals surface area contributed by atoms with Crippen molar-refractivity contribution in [1.29, 1.82) is 0 Å². The zero-order valence-corrected chi connectivity index (χ0v) is 50.6. The van der Waals surface area contributed by atoms with E-state index in [-0.39, 0.29) is 43.6 Å². The van der Waals surface area contributed by atoms with E-state index in [0.717, 1.165) is 55.7 Å². The minimum Gasteiger partial charge on any atom is -0.496 e. The van der Waals surface area contributed by atoms with Crippen LogP contribution in [0.15, 0.2) is 87.5 Å². The lowest BCUT2D eigenvalue weighted by atomic mass is 9.99. The van der Waals surface area contributed by atoms with E-state index >= 15 is 0 Å². The Morgan fingerprint density at radius 2 is 1.36 bits per heavy atom. The molecule has 0 fully saturated rings. The van der Waals surface area contributed by atoms with Gasteiger partial charge in [-0.3, -0.25) is 38.3 Å². The number of fused-ring (bicyclic) bond motifs is 6. The molecule has 1 aliphatic heterocycles. The predicted molar refractivity (Wildman–Crippen MR) is 323 cm³/mol. The lowest BCUT2D eigenvalue weighted by Crippen LogP contribution is -2.35. The molecule has 7 heterocycles. The first-order chi connectivity index (χ1) is 41.3. The summed E-state index contributed by atoms with van der Waals surface area (Å²) in [4.78, 5) is 56.6. The van der Waals surface area contributed by atoms with Gasteiger partial charge in [-0.1, -0.05) is 29.8 Å². The molecule has 2 amide bonds. The van der Waals surface area contributed by atoms with Gasteiger partial charge in [0.1, 0.15) is 34.9 Å². The summed E-state index contributed by atoms with van der Waals surface area (Å²) in [6.07, 6.45) is 5.13. The van der Waals surface area contributed by atoms with Crippen LogP contribution in [0.1, 0.15) is 75.7 Å². The van der Waals surface area contributed by atoms with E-state index in [2.05, 4.69) is 39.7 Å². The van der Waals surface area contributed by atoms with Crippen LogP contribution < -0.4 is 21.1 Å². The smallest absolute Gasteiger partial charge is 0.330 e. The summed E-state index contributed by atoms with van der Waals surface area (Å²) in [5, 5.41) is 17.0. The summed E-state index contributed by atoms with van der Waals surface area (Å²) in [5.74, 6) is 2.19. The van der Waals surface area contributed by atoms with Gasteiger partial charge in [-0.15, -0.1) is 21.5 Å². The van der Waals surface area contributed by atoms with E-state index in [1.165, 1.54) is 9.44 Å². The molecule has 0 unspecified atom stereocenters. The normalized spacial score (nSPS) is 13.5. The molecule has 85 heavy (non-hydrogen) atoms. The van der Waals surface area contributed by atoms with Crippen molar-refractivity contribution < 1.29 is 51.9 Å². The van der Waals surface area contributed by atoms with E-state index in [1.807, 2.05) is 86.9 Å². The van der Waals surface area contributed by atoms with Crippen LogP contribution in [0.5, 0.6) is 5.75 Å². The minimum atomic E-state index is -0.552. The molecule has 22 nitrogen and oxygen atoms in total. The highest BCUT2D eigenvalue weighted by Gasteiger charge is 2.33. The molecule has 0 saturated heterocycles. The Bertz CT molecular complexity index is 3610. The molecular weight excluding hydrogens is 1130 g/mol. The number of amides is 2. The van der Waals surface area contributed by atoms with E-state index in [1.54, 1.807) is 41.7 Å². The quantitative estimate of drug-likeness (QED) is 0.0373. The average Bonchev–Trinajstić information content (AvgIpc) is 2.01. The fourth-order valence-corrected chi connectivity index (χ4v) is 11.4. The van der Waals surface area contributed by atoms with Crippen LogP contribution in [-0.4, -0.2) is 164 Å². The second-order valence-electron chi connectivity index (χ2n) is 20.2. The summed E-state index contributed by atoms with van der Waals surface area (Å²) in [5.41, 5.74) is 8.65. The highest BCUT2D eigenvalue weighted by molar-refractivity contribution is 7.15. The number of nitrogens with zero attached hydrogens (tertiary/aromatic N) is 8. The molecule has 0 aliphatic carbocycles. The number of methoxy groups -OCH3 is 1. The summed E-state index contributed by atoms with van der Waals surface area (Å²) in [6.45, 7) is 17.6. The highest BCUT2D eigenvalue weighted by Crippen LogP contribution is 2.42. The van der Waals surface area contributed by atoms with Crippen LogP contribution in [0.25, 0.3) is 38.1 Å². The fraction of sp³-hybridized carbons (Fsp3) is 0.443. The van der Waals surface area contributed by atoms with Gasteiger partial charge >= 0.3 is 5.69 Å². The molecule has 0 bridgehead atoms. The minimum absolute atomic E-state index is 0.0950. The van der Waals surface area contributed by atoms with Gasteiger partial charge in [-0.2, -0.15) is 0 Å². The number of benzene rings is 2. The van der Waals surface area contributed by atoms with E-state index in [4.69, 9.17) is 63.9 Å². The first-order valence-corrected chi connectivity index (χ1v) is 29.5. The van der Waals surface area contributed by atoms with Crippen LogP contribution in [0.4, 0.5) is 0 Å². The maximum Gasteiger partial charge on any atom is 0.330 e. The van der Waals surface area contributed by atoms with Crippen LogP contribution >= 0.6 is 22.9 Å². The lowest BCUT2D eigenvalue weighted by Gasteiger charge is -2.15. The number of imidazole rings is 1. The van der Waals surface area contributed by atoms with Crippen LogP contribution in [0.2, 0.25) is 5.02 Å². The van der Waals surface area contributed by atoms with Gasteiger partial charge in [0.2, 0.25) is 11.8 Å². The van der Waals surface area contributed by atoms with Crippen LogP contribution in [0.3, 0.4) is 0 Å². The summed E-state index contributed by atoms with van der Waals surface area (Å²) in [7, 11) is 1.61.